The van der Waals surface area contributed by atoms with Gasteiger partial charge >= 0.3 is 0 Å². The number of halogens is 1. The van der Waals surface area contributed by atoms with Gasteiger partial charge in [-0.3, -0.25) is 0 Å². The van der Waals surface area contributed by atoms with Crippen molar-refractivity contribution in [3.63, 3.8) is 0 Å². The average Bonchev–Trinajstić information content (AvgIpc) is 2.66. The highest BCUT2D eigenvalue weighted by atomic mass is 19.1. The van der Waals surface area contributed by atoms with E-state index in [9.17, 15) is 4.39 Å². The highest BCUT2D eigenvalue weighted by molar-refractivity contribution is 5.72. The maximum Gasteiger partial charge on any atom is 0.195 e. The highest BCUT2D eigenvalue weighted by Crippen LogP contribution is 2.17. The normalized spacial score (nSPS) is 11.5. The van der Waals surface area contributed by atoms with Crippen LogP contribution in [-0.4, -0.2) is 17.6 Å². The van der Waals surface area contributed by atoms with Crippen LogP contribution in [0.25, 0.3) is 11.1 Å². The molecule has 0 saturated carbocycles. The molecule has 0 aliphatic carbocycles. The third-order valence-corrected chi connectivity index (χ3v) is 2.51. The van der Waals surface area contributed by atoms with Gasteiger partial charge in [-0.1, -0.05) is 13.8 Å². The number of oxazole rings is 1. The van der Waals surface area contributed by atoms with Gasteiger partial charge in [0.2, 0.25) is 0 Å². The van der Waals surface area contributed by atoms with Gasteiger partial charge in [0.25, 0.3) is 0 Å². The minimum Gasteiger partial charge on any atom is -0.441 e. The number of hydrogen-bond acceptors (Lipinski definition) is 3. The fourth-order valence-corrected chi connectivity index (χ4v) is 1.68. The summed E-state index contributed by atoms with van der Waals surface area (Å²) in [5.74, 6) is 0.387. The van der Waals surface area contributed by atoms with Crippen LogP contribution >= 0.6 is 0 Å². The summed E-state index contributed by atoms with van der Waals surface area (Å²) in [6, 6.07) is 4.91. The number of rotatable bonds is 5. The van der Waals surface area contributed by atoms with Crippen LogP contribution in [0, 0.1) is 5.82 Å². The molecule has 0 unspecified atom stereocenters. The van der Waals surface area contributed by atoms with Crippen LogP contribution in [0.5, 0.6) is 0 Å². The van der Waals surface area contributed by atoms with Gasteiger partial charge in [-0.2, -0.15) is 0 Å². The van der Waals surface area contributed by atoms with Gasteiger partial charge in [0.15, 0.2) is 11.5 Å². The molecule has 0 aliphatic rings. The van der Waals surface area contributed by atoms with E-state index in [4.69, 9.17) is 4.42 Å². The summed E-state index contributed by atoms with van der Waals surface area (Å²) in [4.78, 5) is 4.31. The zero-order valence-corrected chi connectivity index (χ0v) is 10.2. The molecular formula is C13H17FN2O. The third-order valence-electron chi connectivity index (χ3n) is 2.51. The SMILES string of the molecule is CC(C)NCCCc1nc2ccc(F)cc2o1. The topological polar surface area (TPSA) is 38.1 Å². The Balaban J connectivity index is 1.95. The van der Waals surface area contributed by atoms with E-state index >= 15 is 0 Å². The van der Waals surface area contributed by atoms with Gasteiger partial charge < -0.3 is 9.73 Å². The molecule has 1 aromatic heterocycles. The van der Waals surface area contributed by atoms with Crippen molar-refractivity contribution in [1.29, 1.82) is 0 Å². The van der Waals surface area contributed by atoms with Gasteiger partial charge in [0.1, 0.15) is 11.3 Å². The molecule has 2 rings (SSSR count). The van der Waals surface area contributed by atoms with Crippen LogP contribution in [0.3, 0.4) is 0 Å². The van der Waals surface area contributed by atoms with Crippen molar-refractivity contribution in [1.82, 2.24) is 10.3 Å². The number of aryl methyl sites for hydroxylation is 1. The number of nitrogens with one attached hydrogen (secondary N) is 1. The van der Waals surface area contributed by atoms with E-state index in [1.807, 2.05) is 0 Å². The second-order valence-corrected chi connectivity index (χ2v) is 4.43. The highest BCUT2D eigenvalue weighted by Gasteiger charge is 2.06. The summed E-state index contributed by atoms with van der Waals surface area (Å²) in [7, 11) is 0. The first-order valence-electron chi connectivity index (χ1n) is 5.93. The first kappa shape index (κ1) is 12.0. The van der Waals surface area contributed by atoms with Crippen molar-refractivity contribution >= 4 is 11.1 Å². The Kier molecular flexibility index (Phi) is 3.74. The molecule has 0 aliphatic heterocycles. The minimum atomic E-state index is -0.290. The molecule has 1 heterocycles. The number of fused-ring (bicyclic) bond motifs is 1. The second kappa shape index (κ2) is 5.27. The van der Waals surface area contributed by atoms with Crippen LogP contribution in [0.2, 0.25) is 0 Å². The first-order chi connectivity index (χ1) is 8.15. The van der Waals surface area contributed by atoms with Crippen molar-refractivity contribution < 1.29 is 8.81 Å². The lowest BCUT2D eigenvalue weighted by Crippen LogP contribution is -2.23. The van der Waals surface area contributed by atoms with Crippen LogP contribution in [0.1, 0.15) is 26.2 Å². The summed E-state index contributed by atoms with van der Waals surface area (Å²) < 4.78 is 18.4. The third kappa shape index (κ3) is 3.27. The van der Waals surface area contributed by atoms with E-state index in [-0.39, 0.29) is 5.82 Å². The summed E-state index contributed by atoms with van der Waals surface area (Å²) in [6.45, 7) is 5.16. The van der Waals surface area contributed by atoms with Gasteiger partial charge in [-0.05, 0) is 25.1 Å². The quantitative estimate of drug-likeness (QED) is 0.811. The van der Waals surface area contributed by atoms with Crippen molar-refractivity contribution in [2.45, 2.75) is 32.7 Å². The summed E-state index contributed by atoms with van der Waals surface area (Å²) in [5.41, 5.74) is 1.25. The molecule has 2 aromatic rings. The Labute approximate surface area is 100 Å². The molecule has 1 N–H and O–H groups in total. The molecule has 0 bridgehead atoms. The van der Waals surface area contributed by atoms with Crippen LogP contribution in [0.4, 0.5) is 4.39 Å². The van der Waals surface area contributed by atoms with E-state index in [0.717, 1.165) is 24.9 Å². The van der Waals surface area contributed by atoms with Crippen LogP contribution < -0.4 is 5.32 Å². The Morgan fingerprint density at radius 2 is 2.24 bits per heavy atom. The summed E-state index contributed by atoms with van der Waals surface area (Å²) in [6.07, 6.45) is 1.74. The van der Waals surface area contributed by atoms with E-state index in [2.05, 4.69) is 24.1 Å². The van der Waals surface area contributed by atoms with Crippen LogP contribution in [-0.2, 0) is 6.42 Å². The Hall–Kier alpha value is -1.42. The van der Waals surface area contributed by atoms with E-state index in [0.29, 0.717) is 17.5 Å². The second-order valence-electron chi connectivity index (χ2n) is 4.43. The fourth-order valence-electron chi connectivity index (χ4n) is 1.68. The average molecular weight is 236 g/mol. The number of nitrogens with zero attached hydrogens (tertiary/aromatic N) is 1. The van der Waals surface area contributed by atoms with Crippen molar-refractivity contribution in [2.75, 3.05) is 6.54 Å². The molecule has 0 spiro atoms. The first-order valence-corrected chi connectivity index (χ1v) is 5.93. The van der Waals surface area contributed by atoms with Crippen molar-refractivity contribution in [3.8, 4) is 0 Å². The minimum absolute atomic E-state index is 0.290. The van der Waals surface area contributed by atoms with Gasteiger partial charge in [0.05, 0.1) is 0 Å². The molecule has 92 valence electrons. The zero-order chi connectivity index (χ0) is 12.3. The molecular weight excluding hydrogens is 219 g/mol. The largest absolute Gasteiger partial charge is 0.441 e. The molecule has 0 radical (unpaired) electrons. The molecule has 1 aromatic carbocycles. The van der Waals surface area contributed by atoms with Crippen LogP contribution in [0.15, 0.2) is 22.6 Å². The fraction of sp³-hybridized carbons (Fsp3) is 0.462. The predicted molar refractivity (Wildman–Crippen MR) is 65.4 cm³/mol. The molecule has 4 heteroatoms. The maximum absolute atomic E-state index is 12.9. The zero-order valence-electron chi connectivity index (χ0n) is 10.2. The van der Waals surface area contributed by atoms with E-state index in [1.165, 1.54) is 12.1 Å². The molecule has 0 fully saturated rings. The molecule has 0 amide bonds. The molecule has 0 atom stereocenters. The van der Waals surface area contributed by atoms with Gasteiger partial charge in [-0.25, -0.2) is 9.37 Å². The Morgan fingerprint density at radius 3 is 3.00 bits per heavy atom. The Bertz CT molecular complexity index is 493. The van der Waals surface area contributed by atoms with Crippen molar-refractivity contribution in [2.24, 2.45) is 0 Å². The van der Waals surface area contributed by atoms with E-state index < -0.39 is 0 Å². The van der Waals surface area contributed by atoms with Gasteiger partial charge in [0, 0.05) is 18.5 Å². The number of aromatic nitrogens is 1. The summed E-state index contributed by atoms with van der Waals surface area (Å²) in [5, 5.41) is 3.33. The smallest absolute Gasteiger partial charge is 0.195 e. The number of hydrogen-bond donors (Lipinski definition) is 1. The van der Waals surface area contributed by atoms with Gasteiger partial charge in [-0.15, -0.1) is 0 Å². The Morgan fingerprint density at radius 1 is 1.41 bits per heavy atom. The molecule has 0 saturated heterocycles. The van der Waals surface area contributed by atoms with Crippen molar-refractivity contribution in [3.05, 3.63) is 29.9 Å². The lowest BCUT2D eigenvalue weighted by atomic mass is 10.3. The monoisotopic (exact) mass is 236 g/mol. The standard InChI is InChI=1S/C13H17FN2O/c1-9(2)15-7-3-4-13-16-11-6-5-10(14)8-12(11)17-13/h5-6,8-9,15H,3-4,7H2,1-2H3. The lowest BCUT2D eigenvalue weighted by Gasteiger charge is -2.05. The number of benzene rings is 1. The maximum atomic E-state index is 12.9. The summed E-state index contributed by atoms with van der Waals surface area (Å²) >= 11 is 0. The molecule has 17 heavy (non-hydrogen) atoms. The van der Waals surface area contributed by atoms with E-state index in [1.54, 1.807) is 6.07 Å². The lowest BCUT2D eigenvalue weighted by molar-refractivity contribution is 0.498. The predicted octanol–water partition coefficient (Wildman–Crippen LogP) is 2.90. The molecule has 3 nitrogen and oxygen atoms in total.